The van der Waals surface area contributed by atoms with Gasteiger partial charge in [-0.25, -0.2) is 4.98 Å². The van der Waals surface area contributed by atoms with Crippen LogP contribution in [0.5, 0.6) is 11.5 Å². The summed E-state index contributed by atoms with van der Waals surface area (Å²) in [5.74, 6) is 1.51. The minimum absolute atomic E-state index is 0.0139. The first-order chi connectivity index (χ1) is 24.7. The first-order valence-electron chi connectivity index (χ1n) is 16.8. The molecule has 264 valence electrons. The van der Waals surface area contributed by atoms with E-state index in [-0.39, 0.29) is 24.3 Å². The number of anilines is 3. The van der Waals surface area contributed by atoms with Crippen molar-refractivity contribution >= 4 is 45.5 Å². The van der Waals surface area contributed by atoms with Gasteiger partial charge >= 0.3 is 0 Å². The molecule has 0 amide bonds. The normalized spacial score (nSPS) is 13.3. The maximum Gasteiger partial charge on any atom is 0.259 e. The molecule has 0 unspecified atom stereocenters. The van der Waals surface area contributed by atoms with Crippen molar-refractivity contribution in [3.05, 3.63) is 118 Å². The van der Waals surface area contributed by atoms with Crippen LogP contribution in [0.3, 0.4) is 0 Å². The fourth-order valence-electron chi connectivity index (χ4n) is 6.13. The second-order valence-corrected chi connectivity index (χ2v) is 13.0. The zero-order chi connectivity index (χ0) is 35.9. The number of pyridine rings is 2. The Morgan fingerprint density at radius 2 is 1.75 bits per heavy atom. The molecule has 2 aromatic heterocycles. The molecular formula is C40H42ClN5O5. The highest BCUT2D eigenvalue weighted by Crippen LogP contribution is 2.39. The number of ether oxygens (including phenoxy) is 3. The molecule has 1 aliphatic rings. The van der Waals surface area contributed by atoms with Gasteiger partial charge in [0.1, 0.15) is 17.3 Å². The molecule has 0 radical (unpaired) electrons. The average molecular weight is 708 g/mol. The smallest absolute Gasteiger partial charge is 0.259 e. The van der Waals surface area contributed by atoms with Crippen LogP contribution in [-0.2, 0) is 22.5 Å². The van der Waals surface area contributed by atoms with Gasteiger partial charge in [-0.3, -0.25) is 9.59 Å². The van der Waals surface area contributed by atoms with Crippen molar-refractivity contribution in [2.24, 2.45) is 0 Å². The van der Waals surface area contributed by atoms with E-state index in [2.05, 4.69) is 22.3 Å². The van der Waals surface area contributed by atoms with Crippen molar-refractivity contribution in [2.45, 2.75) is 13.0 Å². The van der Waals surface area contributed by atoms with Crippen LogP contribution in [0.25, 0.3) is 22.0 Å². The number of carbonyl (C=O) groups is 1. The molecule has 6 rings (SSSR count). The third-order valence-corrected chi connectivity index (χ3v) is 9.13. The Morgan fingerprint density at radius 1 is 0.980 bits per heavy atom. The number of hydrogen-bond donors (Lipinski definition) is 1. The van der Waals surface area contributed by atoms with E-state index in [0.29, 0.717) is 45.5 Å². The lowest BCUT2D eigenvalue weighted by Crippen LogP contribution is -2.36. The Hall–Kier alpha value is -5.16. The molecule has 1 N–H and O–H groups in total. The molecule has 10 nitrogen and oxygen atoms in total. The number of morpholine rings is 1. The van der Waals surface area contributed by atoms with Crippen LogP contribution in [-0.4, -0.2) is 81.4 Å². The number of likely N-dealkylation sites (N-methyl/N-ethyl adjacent to an activating group) is 1. The summed E-state index contributed by atoms with van der Waals surface area (Å²) in [4.78, 5) is 36.2. The van der Waals surface area contributed by atoms with Gasteiger partial charge in [-0.1, -0.05) is 41.9 Å². The Bertz CT molecular complexity index is 2110. The van der Waals surface area contributed by atoms with Gasteiger partial charge in [0.05, 0.1) is 44.5 Å². The number of nitrogens with one attached hydrogen (secondary N) is 1. The Balaban J connectivity index is 1.38. The van der Waals surface area contributed by atoms with Crippen molar-refractivity contribution < 1.29 is 19.0 Å². The number of benzene rings is 3. The van der Waals surface area contributed by atoms with E-state index in [9.17, 15) is 9.59 Å². The summed E-state index contributed by atoms with van der Waals surface area (Å²) in [6.45, 7) is 4.10. The van der Waals surface area contributed by atoms with E-state index < -0.39 is 0 Å². The van der Waals surface area contributed by atoms with Gasteiger partial charge in [-0.15, -0.1) is 0 Å². The van der Waals surface area contributed by atoms with Gasteiger partial charge in [-0.05, 0) is 67.7 Å². The van der Waals surface area contributed by atoms with Crippen molar-refractivity contribution in [3.8, 4) is 22.6 Å². The highest BCUT2D eigenvalue weighted by atomic mass is 35.5. The SMILES string of the molecule is COc1cc(OC)c(Cl)c(-c2cc3cnc(Nc4ccc(N5CCOCC5)cc4)cc3n(Cc3cccc(CC(=O)/C=C/CN(C)C)c3)c2=O)c1. The van der Waals surface area contributed by atoms with Crippen LogP contribution in [0.4, 0.5) is 17.2 Å². The number of halogens is 1. The summed E-state index contributed by atoms with van der Waals surface area (Å²) in [5, 5.41) is 4.45. The molecule has 0 spiro atoms. The molecule has 1 fully saturated rings. The van der Waals surface area contributed by atoms with Crippen LogP contribution in [0, 0.1) is 0 Å². The van der Waals surface area contributed by atoms with Gasteiger partial charge in [0, 0.05) is 72.3 Å². The third kappa shape index (κ3) is 8.60. The average Bonchev–Trinajstić information content (AvgIpc) is 3.13. The molecule has 11 heteroatoms. The number of fused-ring (bicyclic) bond motifs is 1. The number of ketones is 1. The number of hydrogen-bond acceptors (Lipinski definition) is 9. The highest BCUT2D eigenvalue weighted by Gasteiger charge is 2.19. The van der Waals surface area contributed by atoms with Gasteiger partial charge in [0.15, 0.2) is 5.78 Å². The molecule has 0 bridgehead atoms. The van der Waals surface area contributed by atoms with E-state index in [1.807, 2.05) is 67.5 Å². The minimum atomic E-state index is -0.250. The molecule has 5 aromatic rings. The molecule has 0 saturated carbocycles. The van der Waals surface area contributed by atoms with Crippen LogP contribution in [0.15, 0.2) is 95.9 Å². The summed E-state index contributed by atoms with van der Waals surface area (Å²) in [6.07, 6.45) is 5.49. The summed E-state index contributed by atoms with van der Waals surface area (Å²) in [7, 11) is 6.98. The van der Waals surface area contributed by atoms with Crippen molar-refractivity contribution in [1.82, 2.24) is 14.5 Å². The minimum Gasteiger partial charge on any atom is -0.497 e. The van der Waals surface area contributed by atoms with Crippen LogP contribution in [0.2, 0.25) is 5.02 Å². The standard InChI is InChI=1S/C40H42ClN5O5/c1-44(2)14-6-9-32(47)20-27-7-5-8-28(19-27)26-46-36-24-38(43-30-10-12-31(13-11-30)45-15-17-51-18-16-45)42-25-29(36)21-35(40(46)48)34-22-33(49-3)23-37(50-4)39(34)41/h5-13,19,21-25H,14-18,20,26H2,1-4H3,(H,42,43)/b9-6+. The van der Waals surface area contributed by atoms with Crippen LogP contribution < -0.4 is 25.2 Å². The fraction of sp³-hybridized carbons (Fsp3) is 0.275. The van der Waals surface area contributed by atoms with Crippen molar-refractivity contribution in [1.29, 1.82) is 0 Å². The van der Waals surface area contributed by atoms with E-state index in [4.69, 9.17) is 30.8 Å². The Morgan fingerprint density at radius 3 is 2.47 bits per heavy atom. The zero-order valence-corrected chi connectivity index (χ0v) is 30.1. The Kier molecular flexibility index (Phi) is 11.4. The van der Waals surface area contributed by atoms with Crippen molar-refractivity contribution in [3.63, 3.8) is 0 Å². The summed E-state index contributed by atoms with van der Waals surface area (Å²) >= 11 is 6.80. The molecule has 0 atom stereocenters. The second kappa shape index (κ2) is 16.2. The maximum atomic E-state index is 14.5. The monoisotopic (exact) mass is 707 g/mol. The van der Waals surface area contributed by atoms with Gasteiger partial charge in [0.25, 0.3) is 5.56 Å². The summed E-state index contributed by atoms with van der Waals surface area (Å²) in [6, 6.07) is 23.1. The quantitative estimate of drug-likeness (QED) is 0.136. The maximum absolute atomic E-state index is 14.5. The van der Waals surface area contributed by atoms with E-state index in [1.54, 1.807) is 42.1 Å². The van der Waals surface area contributed by atoms with E-state index in [0.717, 1.165) is 54.2 Å². The largest absolute Gasteiger partial charge is 0.497 e. The van der Waals surface area contributed by atoms with Gasteiger partial charge < -0.3 is 33.9 Å². The predicted octanol–water partition coefficient (Wildman–Crippen LogP) is 6.59. The molecule has 51 heavy (non-hydrogen) atoms. The number of rotatable bonds is 13. The number of allylic oxidation sites excluding steroid dienone is 1. The Labute approximate surface area is 302 Å². The molecule has 1 saturated heterocycles. The highest BCUT2D eigenvalue weighted by molar-refractivity contribution is 6.35. The first kappa shape index (κ1) is 35.7. The topological polar surface area (TPSA) is 98.2 Å². The lowest BCUT2D eigenvalue weighted by molar-refractivity contribution is -0.114. The second-order valence-electron chi connectivity index (χ2n) is 12.7. The molecule has 3 aromatic carbocycles. The van der Waals surface area contributed by atoms with Gasteiger partial charge in [-0.2, -0.15) is 0 Å². The summed E-state index contributed by atoms with van der Waals surface area (Å²) in [5.41, 5.74) is 5.05. The van der Waals surface area contributed by atoms with Crippen molar-refractivity contribution in [2.75, 3.05) is 71.4 Å². The number of methoxy groups -OCH3 is 2. The number of aromatic nitrogens is 2. The van der Waals surface area contributed by atoms with Crippen LogP contribution in [0.1, 0.15) is 11.1 Å². The molecule has 3 heterocycles. The lowest BCUT2D eigenvalue weighted by atomic mass is 10.0. The number of nitrogens with zero attached hydrogens (tertiary/aromatic N) is 4. The molecule has 0 aliphatic carbocycles. The number of carbonyl (C=O) groups excluding carboxylic acids is 1. The predicted molar refractivity (Wildman–Crippen MR) is 204 cm³/mol. The zero-order valence-electron chi connectivity index (χ0n) is 29.3. The van der Waals surface area contributed by atoms with Gasteiger partial charge in [0.2, 0.25) is 0 Å². The van der Waals surface area contributed by atoms with E-state index >= 15 is 0 Å². The van der Waals surface area contributed by atoms with Crippen LogP contribution >= 0.6 is 11.6 Å². The molecule has 1 aliphatic heterocycles. The molecular weight excluding hydrogens is 666 g/mol. The third-order valence-electron chi connectivity index (χ3n) is 8.74. The summed E-state index contributed by atoms with van der Waals surface area (Å²) < 4.78 is 18.2. The first-order valence-corrected chi connectivity index (χ1v) is 17.2. The van der Waals surface area contributed by atoms with E-state index in [1.165, 1.54) is 7.11 Å². The lowest BCUT2D eigenvalue weighted by Gasteiger charge is -2.28. The fourth-order valence-corrected chi connectivity index (χ4v) is 6.41.